The van der Waals surface area contributed by atoms with Gasteiger partial charge in [0.15, 0.2) is 0 Å². The topological polar surface area (TPSA) is 95.5 Å². The van der Waals surface area contributed by atoms with Gasteiger partial charge in [0, 0.05) is 11.8 Å². The molecule has 0 saturated carbocycles. The molecule has 2 amide bonds. The van der Waals surface area contributed by atoms with Crippen molar-refractivity contribution in [3.63, 3.8) is 0 Å². The summed E-state index contributed by atoms with van der Waals surface area (Å²) >= 11 is 0.837. The van der Waals surface area contributed by atoms with E-state index in [0.29, 0.717) is 0 Å². The summed E-state index contributed by atoms with van der Waals surface area (Å²) in [5.74, 6) is -2.90. The third kappa shape index (κ3) is 4.96. The van der Waals surface area contributed by atoms with E-state index >= 15 is 0 Å². The second-order valence-electron chi connectivity index (χ2n) is 3.47. The molecule has 19 heavy (non-hydrogen) atoms. The van der Waals surface area contributed by atoms with E-state index in [2.05, 4.69) is 10.9 Å². The van der Waals surface area contributed by atoms with Crippen LogP contribution < -0.4 is 10.9 Å². The highest BCUT2D eigenvalue weighted by atomic mass is 32.2. The molecule has 0 aromatic heterocycles. The summed E-state index contributed by atoms with van der Waals surface area (Å²) in [5.41, 5.74) is 4.13. The molecular weight excluding hydrogens is 275 g/mol. The first-order chi connectivity index (χ1) is 8.90. The highest BCUT2D eigenvalue weighted by molar-refractivity contribution is 8.00. The van der Waals surface area contributed by atoms with Crippen LogP contribution >= 0.6 is 11.8 Å². The Hall–Kier alpha value is -2.09. The highest BCUT2D eigenvalue weighted by Crippen LogP contribution is 2.22. The standard InChI is InChI=1S/C11H11FN2O4S/c1-6(15)13-14-10(16)5-19-9-4-7(11(17)18)2-3-8(9)12/h2-4H,5H2,1H3,(H,13,15)(H,14,16)(H,17,18). The molecular formula is C11H11FN2O4S. The highest BCUT2D eigenvalue weighted by Gasteiger charge is 2.10. The number of carboxylic acids is 1. The van der Waals surface area contributed by atoms with Gasteiger partial charge in [-0.25, -0.2) is 9.18 Å². The summed E-state index contributed by atoms with van der Waals surface area (Å²) in [5, 5.41) is 8.76. The van der Waals surface area contributed by atoms with Gasteiger partial charge in [0.05, 0.1) is 11.3 Å². The van der Waals surface area contributed by atoms with E-state index in [4.69, 9.17) is 5.11 Å². The molecule has 0 bridgehead atoms. The molecule has 6 nitrogen and oxygen atoms in total. The first-order valence-electron chi connectivity index (χ1n) is 5.11. The average Bonchev–Trinajstić information content (AvgIpc) is 2.35. The van der Waals surface area contributed by atoms with Gasteiger partial charge in [0.25, 0.3) is 0 Å². The Bertz CT molecular complexity index is 521. The van der Waals surface area contributed by atoms with E-state index in [1.165, 1.54) is 6.92 Å². The molecule has 102 valence electrons. The van der Waals surface area contributed by atoms with Crippen LogP contribution in [0.3, 0.4) is 0 Å². The van der Waals surface area contributed by atoms with Crippen molar-refractivity contribution in [3.8, 4) is 0 Å². The number of nitrogens with one attached hydrogen (secondary N) is 2. The van der Waals surface area contributed by atoms with Crippen molar-refractivity contribution in [2.75, 3.05) is 5.75 Å². The maximum Gasteiger partial charge on any atom is 0.335 e. The zero-order valence-electron chi connectivity index (χ0n) is 9.90. The molecule has 0 heterocycles. The maximum atomic E-state index is 13.4. The molecule has 0 fully saturated rings. The minimum atomic E-state index is -1.18. The van der Waals surface area contributed by atoms with Crippen molar-refractivity contribution in [2.45, 2.75) is 11.8 Å². The number of carboxylic acid groups (broad SMARTS) is 1. The SMILES string of the molecule is CC(=O)NNC(=O)CSc1cc(C(=O)O)ccc1F. The number of benzene rings is 1. The Kier molecular flexibility index (Phi) is 5.31. The molecule has 0 saturated heterocycles. The van der Waals surface area contributed by atoms with Gasteiger partial charge in [-0.3, -0.25) is 20.4 Å². The first-order valence-corrected chi connectivity index (χ1v) is 6.09. The number of rotatable bonds is 4. The van der Waals surface area contributed by atoms with Gasteiger partial charge < -0.3 is 5.11 Å². The molecule has 1 aromatic carbocycles. The lowest BCUT2D eigenvalue weighted by molar-refractivity contribution is -0.126. The summed E-state index contributed by atoms with van der Waals surface area (Å²) in [6.45, 7) is 1.23. The first kappa shape index (κ1) is 15.0. The van der Waals surface area contributed by atoms with Gasteiger partial charge in [0.2, 0.25) is 11.8 Å². The zero-order chi connectivity index (χ0) is 14.4. The average molecular weight is 286 g/mol. The third-order valence-corrected chi connectivity index (χ3v) is 2.95. The van der Waals surface area contributed by atoms with Crippen LogP contribution in [0.15, 0.2) is 23.1 Å². The van der Waals surface area contributed by atoms with Crippen molar-refractivity contribution >= 4 is 29.5 Å². The van der Waals surface area contributed by atoms with Crippen LogP contribution in [0, 0.1) is 5.82 Å². The number of carbonyl (C=O) groups excluding carboxylic acids is 2. The number of hydrazine groups is 1. The van der Waals surface area contributed by atoms with Crippen molar-refractivity contribution in [3.05, 3.63) is 29.6 Å². The lowest BCUT2D eigenvalue weighted by atomic mass is 10.2. The van der Waals surface area contributed by atoms with Gasteiger partial charge in [-0.1, -0.05) is 0 Å². The normalized spacial score (nSPS) is 9.79. The van der Waals surface area contributed by atoms with Crippen molar-refractivity contribution in [2.24, 2.45) is 0 Å². The van der Waals surface area contributed by atoms with Gasteiger partial charge in [-0.15, -0.1) is 11.8 Å². The number of amides is 2. The van der Waals surface area contributed by atoms with E-state index in [9.17, 15) is 18.8 Å². The van der Waals surface area contributed by atoms with Crippen molar-refractivity contribution in [1.82, 2.24) is 10.9 Å². The predicted octanol–water partition coefficient (Wildman–Crippen LogP) is 0.783. The summed E-state index contributed by atoms with van der Waals surface area (Å²) in [6.07, 6.45) is 0. The van der Waals surface area contributed by atoms with Crippen LogP contribution in [0.5, 0.6) is 0 Å². The Labute approximate surface area is 112 Å². The fourth-order valence-corrected chi connectivity index (χ4v) is 1.86. The van der Waals surface area contributed by atoms with E-state index in [1.807, 2.05) is 0 Å². The number of hydrogen-bond acceptors (Lipinski definition) is 4. The number of halogens is 1. The Balaban J connectivity index is 2.62. The van der Waals surface area contributed by atoms with Crippen LogP contribution in [0.25, 0.3) is 0 Å². The lowest BCUT2D eigenvalue weighted by Gasteiger charge is -2.06. The molecule has 1 rings (SSSR count). The van der Waals surface area contributed by atoms with Gasteiger partial charge in [-0.05, 0) is 18.2 Å². The van der Waals surface area contributed by atoms with Crippen LogP contribution in [0.2, 0.25) is 0 Å². The predicted molar refractivity (Wildman–Crippen MR) is 66.0 cm³/mol. The van der Waals surface area contributed by atoms with E-state index < -0.39 is 23.6 Å². The van der Waals surface area contributed by atoms with E-state index in [-0.39, 0.29) is 16.2 Å². The van der Waals surface area contributed by atoms with E-state index in [0.717, 1.165) is 30.0 Å². The van der Waals surface area contributed by atoms with Crippen molar-refractivity contribution < 1.29 is 23.9 Å². The molecule has 8 heteroatoms. The lowest BCUT2D eigenvalue weighted by Crippen LogP contribution is -2.41. The largest absolute Gasteiger partial charge is 0.478 e. The Morgan fingerprint density at radius 2 is 2.00 bits per heavy atom. The third-order valence-electron chi connectivity index (χ3n) is 1.91. The molecule has 0 aliphatic carbocycles. The van der Waals surface area contributed by atoms with E-state index in [1.54, 1.807) is 0 Å². The van der Waals surface area contributed by atoms with Gasteiger partial charge in [0.1, 0.15) is 5.82 Å². The Morgan fingerprint density at radius 1 is 1.32 bits per heavy atom. The summed E-state index contributed by atoms with van der Waals surface area (Å²) in [4.78, 5) is 32.6. The second-order valence-corrected chi connectivity index (χ2v) is 4.49. The molecule has 0 radical (unpaired) electrons. The number of thioether (sulfide) groups is 1. The number of aromatic carboxylic acids is 1. The molecule has 0 atom stereocenters. The zero-order valence-corrected chi connectivity index (χ0v) is 10.7. The van der Waals surface area contributed by atoms with Crippen LogP contribution in [0.1, 0.15) is 17.3 Å². The number of carbonyl (C=O) groups is 3. The summed E-state index contributed by atoms with van der Waals surface area (Å²) in [7, 11) is 0. The summed E-state index contributed by atoms with van der Waals surface area (Å²) < 4.78 is 13.4. The van der Waals surface area contributed by atoms with Crippen molar-refractivity contribution in [1.29, 1.82) is 0 Å². The Morgan fingerprint density at radius 3 is 2.58 bits per heavy atom. The maximum absolute atomic E-state index is 13.4. The van der Waals surface area contributed by atoms with Gasteiger partial charge in [-0.2, -0.15) is 0 Å². The summed E-state index contributed by atoms with van der Waals surface area (Å²) in [6, 6.07) is 3.31. The minimum Gasteiger partial charge on any atom is -0.478 e. The molecule has 0 aliphatic rings. The second kappa shape index (κ2) is 6.74. The quantitative estimate of drug-likeness (QED) is 0.561. The molecule has 1 aromatic rings. The van der Waals surface area contributed by atoms with Gasteiger partial charge >= 0.3 is 5.97 Å². The van der Waals surface area contributed by atoms with Crippen LogP contribution in [0.4, 0.5) is 4.39 Å². The van der Waals surface area contributed by atoms with Crippen LogP contribution in [-0.4, -0.2) is 28.6 Å². The minimum absolute atomic E-state index is 0.0536. The molecule has 0 spiro atoms. The molecule has 0 unspecified atom stereocenters. The fraction of sp³-hybridized carbons (Fsp3) is 0.182. The smallest absolute Gasteiger partial charge is 0.335 e. The molecule has 0 aliphatic heterocycles. The molecule has 3 N–H and O–H groups in total. The fourth-order valence-electron chi connectivity index (χ4n) is 1.08. The monoisotopic (exact) mass is 286 g/mol. The van der Waals surface area contributed by atoms with Crippen LogP contribution in [-0.2, 0) is 9.59 Å². The number of hydrogen-bond donors (Lipinski definition) is 3.